The third-order valence-electron chi connectivity index (χ3n) is 8.94. The van der Waals surface area contributed by atoms with Crippen LogP contribution < -0.4 is 5.32 Å². The molecule has 0 fully saturated rings. The molecule has 0 saturated heterocycles. The van der Waals surface area contributed by atoms with Crippen LogP contribution in [0, 0.1) is 0 Å². The van der Waals surface area contributed by atoms with E-state index in [9.17, 15) is 0 Å². The van der Waals surface area contributed by atoms with E-state index in [-0.39, 0.29) is 0 Å². The summed E-state index contributed by atoms with van der Waals surface area (Å²) in [6, 6.07) is 65.8. The Morgan fingerprint density at radius 2 is 0.841 bits per heavy atom. The van der Waals surface area contributed by atoms with E-state index in [1.165, 1.54) is 55.6 Å². The van der Waals surface area contributed by atoms with E-state index in [1.54, 1.807) is 0 Å². The fourth-order valence-electron chi connectivity index (χ4n) is 6.94. The molecule has 44 heavy (non-hydrogen) atoms. The van der Waals surface area contributed by atoms with Gasteiger partial charge in [-0.15, -0.1) is 0 Å². The molecule has 1 atom stereocenters. The lowest BCUT2D eigenvalue weighted by atomic mass is 9.67. The van der Waals surface area contributed by atoms with Crippen molar-refractivity contribution in [2.24, 2.45) is 0 Å². The van der Waals surface area contributed by atoms with Crippen LogP contribution in [0.25, 0.3) is 33.4 Å². The Hall–Kier alpha value is -5.66. The Balaban J connectivity index is 1.29. The van der Waals surface area contributed by atoms with Gasteiger partial charge in [-0.25, -0.2) is 0 Å². The normalized spacial score (nSPS) is 14.9. The number of benzene rings is 7. The molecule has 0 saturated carbocycles. The second kappa shape index (κ2) is 10.9. The SMILES string of the molecule is c1ccc(-c2ccc(Nc3ccc4c(c3)C(c3ccccc3)(c3cccc(-c5ccccc5)c3)c3ccccc3-4)cc2)cc1. The van der Waals surface area contributed by atoms with Gasteiger partial charge in [0, 0.05) is 11.4 Å². The van der Waals surface area contributed by atoms with Crippen LogP contribution in [0.1, 0.15) is 22.3 Å². The van der Waals surface area contributed by atoms with Crippen molar-refractivity contribution >= 4 is 11.4 Å². The van der Waals surface area contributed by atoms with Gasteiger partial charge in [0.05, 0.1) is 5.41 Å². The maximum Gasteiger partial charge on any atom is 0.0714 e. The van der Waals surface area contributed by atoms with Crippen molar-refractivity contribution in [2.75, 3.05) is 5.32 Å². The Bertz CT molecular complexity index is 2060. The van der Waals surface area contributed by atoms with Crippen LogP contribution in [-0.2, 0) is 5.41 Å². The highest BCUT2D eigenvalue weighted by Crippen LogP contribution is 2.57. The van der Waals surface area contributed by atoms with Crippen LogP contribution in [0.15, 0.2) is 182 Å². The van der Waals surface area contributed by atoms with E-state index < -0.39 is 5.41 Å². The van der Waals surface area contributed by atoms with Gasteiger partial charge in [0.15, 0.2) is 0 Å². The first-order chi connectivity index (χ1) is 21.8. The zero-order valence-corrected chi connectivity index (χ0v) is 24.3. The van der Waals surface area contributed by atoms with Gasteiger partial charge in [0.1, 0.15) is 0 Å². The zero-order valence-electron chi connectivity index (χ0n) is 24.3. The van der Waals surface area contributed by atoms with E-state index in [1.807, 2.05) is 0 Å². The molecule has 1 aliphatic rings. The van der Waals surface area contributed by atoms with Crippen LogP contribution in [0.2, 0.25) is 0 Å². The molecule has 1 unspecified atom stereocenters. The Kier molecular flexibility index (Phi) is 6.43. The maximum absolute atomic E-state index is 3.72. The number of fused-ring (bicyclic) bond motifs is 3. The highest BCUT2D eigenvalue weighted by molar-refractivity contribution is 5.88. The van der Waals surface area contributed by atoms with Gasteiger partial charge in [-0.1, -0.05) is 152 Å². The molecule has 0 radical (unpaired) electrons. The summed E-state index contributed by atoms with van der Waals surface area (Å²) in [5, 5.41) is 3.72. The molecule has 7 aromatic rings. The third kappa shape index (κ3) is 4.33. The molecule has 7 aromatic carbocycles. The molecule has 0 bridgehead atoms. The van der Waals surface area contributed by atoms with E-state index in [0.29, 0.717) is 0 Å². The second-order valence-corrected chi connectivity index (χ2v) is 11.4. The standard InChI is InChI=1S/C43H31N/c1-4-13-31(14-5-1)33-23-25-37(26-24-33)44-38-27-28-40-39-21-10-11-22-41(39)43(42(40)30-38,35-18-8-3-9-19-35)36-20-12-17-34(29-36)32-15-6-2-7-16-32/h1-30,44H. The number of rotatable bonds is 6. The van der Waals surface area contributed by atoms with Crippen LogP contribution in [0.5, 0.6) is 0 Å². The molecular formula is C43H31N. The first kappa shape index (κ1) is 26.0. The van der Waals surface area contributed by atoms with Crippen molar-refractivity contribution in [1.82, 2.24) is 0 Å². The van der Waals surface area contributed by atoms with Gasteiger partial charge in [-0.2, -0.15) is 0 Å². The molecule has 1 aliphatic carbocycles. The highest BCUT2D eigenvalue weighted by atomic mass is 14.9. The molecule has 208 valence electrons. The Labute approximate surface area is 259 Å². The van der Waals surface area contributed by atoms with Crippen LogP contribution in [-0.4, -0.2) is 0 Å². The van der Waals surface area contributed by atoms with Crippen LogP contribution >= 0.6 is 0 Å². The quantitative estimate of drug-likeness (QED) is 0.213. The maximum atomic E-state index is 3.72. The second-order valence-electron chi connectivity index (χ2n) is 11.4. The molecule has 1 heteroatoms. The molecule has 8 rings (SSSR count). The Morgan fingerprint density at radius 3 is 1.57 bits per heavy atom. The topological polar surface area (TPSA) is 12.0 Å². The van der Waals surface area contributed by atoms with Crippen LogP contribution in [0.3, 0.4) is 0 Å². The van der Waals surface area contributed by atoms with Crippen molar-refractivity contribution in [1.29, 1.82) is 0 Å². The summed E-state index contributed by atoms with van der Waals surface area (Å²) in [6.07, 6.45) is 0. The summed E-state index contributed by atoms with van der Waals surface area (Å²) < 4.78 is 0. The molecule has 0 aromatic heterocycles. The average molecular weight is 562 g/mol. The fourth-order valence-corrected chi connectivity index (χ4v) is 6.94. The van der Waals surface area contributed by atoms with Crippen LogP contribution in [0.4, 0.5) is 11.4 Å². The van der Waals surface area contributed by atoms with Crippen molar-refractivity contribution in [2.45, 2.75) is 5.41 Å². The van der Waals surface area contributed by atoms with Gasteiger partial charge in [-0.05, 0) is 86.0 Å². The first-order valence-corrected chi connectivity index (χ1v) is 15.2. The predicted octanol–water partition coefficient (Wildman–Crippen LogP) is 11.1. The molecule has 1 nitrogen and oxygen atoms in total. The molecule has 0 heterocycles. The third-order valence-corrected chi connectivity index (χ3v) is 8.94. The molecule has 1 N–H and O–H groups in total. The lowest BCUT2D eigenvalue weighted by Crippen LogP contribution is -2.28. The summed E-state index contributed by atoms with van der Waals surface area (Å²) in [5.41, 5.74) is 14.2. The first-order valence-electron chi connectivity index (χ1n) is 15.2. The van der Waals surface area contributed by atoms with Crippen molar-refractivity contribution in [3.63, 3.8) is 0 Å². The van der Waals surface area contributed by atoms with Gasteiger partial charge < -0.3 is 5.32 Å². The lowest BCUT2D eigenvalue weighted by Gasteiger charge is -2.34. The minimum absolute atomic E-state index is 0.465. The average Bonchev–Trinajstić information content (AvgIpc) is 3.40. The van der Waals surface area contributed by atoms with E-state index in [0.717, 1.165) is 11.4 Å². The van der Waals surface area contributed by atoms with Gasteiger partial charge in [0.25, 0.3) is 0 Å². The smallest absolute Gasteiger partial charge is 0.0714 e. The number of hydrogen-bond acceptors (Lipinski definition) is 1. The predicted molar refractivity (Wildman–Crippen MR) is 184 cm³/mol. The Morgan fingerprint density at radius 1 is 0.318 bits per heavy atom. The van der Waals surface area contributed by atoms with Crippen molar-refractivity contribution < 1.29 is 0 Å². The minimum atomic E-state index is -0.465. The van der Waals surface area contributed by atoms with E-state index in [2.05, 4.69) is 187 Å². The fraction of sp³-hybridized carbons (Fsp3) is 0.0233. The molecular weight excluding hydrogens is 530 g/mol. The number of nitrogens with one attached hydrogen (secondary N) is 1. The zero-order chi connectivity index (χ0) is 29.3. The highest BCUT2D eigenvalue weighted by Gasteiger charge is 2.46. The van der Waals surface area contributed by atoms with Crippen molar-refractivity contribution in [3.8, 4) is 33.4 Å². The summed E-state index contributed by atoms with van der Waals surface area (Å²) in [5.74, 6) is 0. The molecule has 0 spiro atoms. The van der Waals surface area contributed by atoms with E-state index in [4.69, 9.17) is 0 Å². The van der Waals surface area contributed by atoms with Gasteiger partial charge in [0.2, 0.25) is 0 Å². The monoisotopic (exact) mass is 561 g/mol. The summed E-state index contributed by atoms with van der Waals surface area (Å²) in [6.45, 7) is 0. The summed E-state index contributed by atoms with van der Waals surface area (Å²) in [7, 11) is 0. The van der Waals surface area contributed by atoms with Gasteiger partial charge >= 0.3 is 0 Å². The number of hydrogen-bond donors (Lipinski definition) is 1. The lowest BCUT2D eigenvalue weighted by molar-refractivity contribution is 0.769. The molecule has 0 amide bonds. The summed E-state index contributed by atoms with van der Waals surface area (Å²) >= 11 is 0. The van der Waals surface area contributed by atoms with Gasteiger partial charge in [-0.3, -0.25) is 0 Å². The summed E-state index contributed by atoms with van der Waals surface area (Å²) in [4.78, 5) is 0. The largest absolute Gasteiger partial charge is 0.356 e. The number of anilines is 2. The van der Waals surface area contributed by atoms with E-state index >= 15 is 0 Å². The van der Waals surface area contributed by atoms with Crippen molar-refractivity contribution in [3.05, 3.63) is 204 Å². The molecule has 0 aliphatic heterocycles. The minimum Gasteiger partial charge on any atom is -0.356 e.